The summed E-state index contributed by atoms with van der Waals surface area (Å²) in [6.07, 6.45) is 11.7. The SMILES string of the molecule is C=CCOCCCOc1cc(C(C(=O)N2CCCC[C@@H]2C(=O)OC(CCc2ccc(OC)c(OC)c2)c2cccc(OCC=C)c2)C2CCCCC2)cc(OC)c1OC. The van der Waals surface area contributed by atoms with Crippen LogP contribution in [-0.2, 0) is 25.5 Å². The Bertz CT molecular complexity index is 1820. The van der Waals surface area contributed by atoms with Crippen LogP contribution in [0.3, 0.4) is 0 Å². The summed E-state index contributed by atoms with van der Waals surface area (Å²) in [4.78, 5) is 31.5. The molecule has 3 aromatic rings. The normalized spacial score (nSPS) is 16.6. The van der Waals surface area contributed by atoms with Crippen LogP contribution in [0.25, 0.3) is 0 Å². The molecule has 3 atom stereocenters. The lowest BCUT2D eigenvalue weighted by Gasteiger charge is -2.40. The molecule has 2 aliphatic rings. The number of methoxy groups -OCH3 is 4. The van der Waals surface area contributed by atoms with Gasteiger partial charge in [0, 0.05) is 13.0 Å². The summed E-state index contributed by atoms with van der Waals surface area (Å²) in [5, 5.41) is 0. The van der Waals surface area contributed by atoms with Crippen LogP contribution in [0.15, 0.2) is 79.9 Å². The fourth-order valence-electron chi connectivity index (χ4n) is 8.26. The van der Waals surface area contributed by atoms with Crippen LogP contribution in [0.5, 0.6) is 34.5 Å². The molecule has 1 aliphatic carbocycles. The third-order valence-electron chi connectivity index (χ3n) is 11.2. The van der Waals surface area contributed by atoms with Crippen LogP contribution in [0.2, 0.25) is 0 Å². The lowest BCUT2D eigenvalue weighted by Crippen LogP contribution is -2.51. The van der Waals surface area contributed by atoms with Gasteiger partial charge in [-0.2, -0.15) is 0 Å². The number of carbonyl (C=O) groups excluding carboxylic acids is 2. The van der Waals surface area contributed by atoms with Crippen LogP contribution in [0, 0.1) is 5.92 Å². The predicted molar refractivity (Wildman–Crippen MR) is 228 cm³/mol. The number of amides is 1. The summed E-state index contributed by atoms with van der Waals surface area (Å²) in [5.74, 6) is 2.47. The number of benzene rings is 3. The van der Waals surface area contributed by atoms with E-state index in [4.69, 9.17) is 37.9 Å². The van der Waals surface area contributed by atoms with Crippen LogP contribution in [0.4, 0.5) is 0 Å². The first kappa shape index (κ1) is 44.9. The van der Waals surface area contributed by atoms with Gasteiger partial charge in [0.2, 0.25) is 11.7 Å². The summed E-state index contributed by atoms with van der Waals surface area (Å²) in [6, 6.07) is 16.5. The largest absolute Gasteiger partial charge is 0.493 e. The summed E-state index contributed by atoms with van der Waals surface area (Å²) in [5.41, 5.74) is 2.60. The molecule has 3 aromatic carbocycles. The third kappa shape index (κ3) is 12.2. The molecule has 2 unspecified atom stereocenters. The second kappa shape index (κ2) is 23.4. The first-order chi connectivity index (χ1) is 28.8. The zero-order chi connectivity index (χ0) is 42.0. The third-order valence-corrected chi connectivity index (χ3v) is 11.2. The van der Waals surface area contributed by atoms with Crippen molar-refractivity contribution < 1.29 is 47.5 Å². The van der Waals surface area contributed by atoms with Gasteiger partial charge >= 0.3 is 5.97 Å². The maximum atomic E-state index is 15.2. The van der Waals surface area contributed by atoms with Gasteiger partial charge in [-0.3, -0.25) is 4.79 Å². The standard InChI is InChI=1S/C48H63NO10/c1-7-26-56-28-15-29-58-44-33-37(32-43(54-5)46(44)55-6)45(35-16-10-9-11-17-35)47(50)49-25-13-12-20-39(49)48(51)59-40(36-18-14-19-38(31-36)57-27-8-2)23-21-34-22-24-41(52-3)42(30-34)53-4/h7-8,14,18-19,22,24,30-33,35,39-40,45H,1-2,9-13,15-17,20-21,23,25-29H2,3-6H3/t39-,40?,45?/m1/s1. The second-order valence-electron chi connectivity index (χ2n) is 15.1. The molecule has 2 fully saturated rings. The van der Waals surface area contributed by atoms with Crippen molar-refractivity contribution in [3.05, 3.63) is 96.6 Å². The lowest BCUT2D eigenvalue weighted by molar-refractivity contribution is -0.163. The van der Waals surface area contributed by atoms with E-state index < -0.39 is 24.0 Å². The predicted octanol–water partition coefficient (Wildman–Crippen LogP) is 9.22. The fourth-order valence-corrected chi connectivity index (χ4v) is 8.26. The highest BCUT2D eigenvalue weighted by Crippen LogP contribution is 2.45. The summed E-state index contributed by atoms with van der Waals surface area (Å²) in [7, 11) is 6.39. The molecular weight excluding hydrogens is 751 g/mol. The van der Waals surface area contributed by atoms with Gasteiger partial charge < -0.3 is 42.8 Å². The molecular formula is C48H63NO10. The van der Waals surface area contributed by atoms with Crippen molar-refractivity contribution >= 4 is 11.9 Å². The van der Waals surface area contributed by atoms with Crippen molar-refractivity contribution in [3.8, 4) is 34.5 Å². The highest BCUT2D eigenvalue weighted by atomic mass is 16.5. The van der Waals surface area contributed by atoms with Crippen LogP contribution in [0.1, 0.15) is 92.9 Å². The zero-order valence-corrected chi connectivity index (χ0v) is 35.4. The van der Waals surface area contributed by atoms with Gasteiger partial charge in [-0.25, -0.2) is 4.79 Å². The maximum Gasteiger partial charge on any atom is 0.329 e. The Hall–Kier alpha value is -5.16. The topological polar surface area (TPSA) is 111 Å². The highest BCUT2D eigenvalue weighted by molar-refractivity contribution is 5.89. The van der Waals surface area contributed by atoms with Crippen molar-refractivity contribution in [1.29, 1.82) is 0 Å². The monoisotopic (exact) mass is 813 g/mol. The Morgan fingerprint density at radius 3 is 2.22 bits per heavy atom. The number of likely N-dealkylation sites (tertiary alicyclic amines) is 1. The summed E-state index contributed by atoms with van der Waals surface area (Å²) in [6.45, 7) is 9.66. The van der Waals surface area contributed by atoms with Gasteiger partial charge in [0.25, 0.3) is 0 Å². The van der Waals surface area contributed by atoms with E-state index in [0.717, 1.165) is 61.6 Å². The molecule has 0 spiro atoms. The molecule has 11 heteroatoms. The number of ether oxygens (including phenoxy) is 8. The quantitative estimate of drug-likeness (QED) is 0.0522. The minimum Gasteiger partial charge on any atom is -0.493 e. The molecule has 0 bridgehead atoms. The van der Waals surface area contributed by atoms with Crippen molar-refractivity contribution in [2.24, 2.45) is 5.92 Å². The Morgan fingerprint density at radius 1 is 0.746 bits per heavy atom. The summed E-state index contributed by atoms with van der Waals surface area (Å²) < 4.78 is 46.8. The minimum absolute atomic E-state index is 0.0729. The number of esters is 1. The summed E-state index contributed by atoms with van der Waals surface area (Å²) >= 11 is 0. The smallest absolute Gasteiger partial charge is 0.329 e. The molecule has 1 aliphatic heterocycles. The van der Waals surface area contributed by atoms with E-state index in [9.17, 15) is 4.79 Å². The van der Waals surface area contributed by atoms with Crippen molar-refractivity contribution in [2.75, 3.05) is 61.4 Å². The number of aryl methyl sites for hydroxylation is 1. The van der Waals surface area contributed by atoms with Gasteiger partial charge in [0.05, 0.1) is 54.2 Å². The van der Waals surface area contributed by atoms with E-state index in [2.05, 4.69) is 13.2 Å². The molecule has 320 valence electrons. The van der Waals surface area contributed by atoms with Crippen molar-refractivity contribution in [2.45, 2.75) is 88.7 Å². The van der Waals surface area contributed by atoms with E-state index in [0.29, 0.717) is 93.2 Å². The molecule has 59 heavy (non-hydrogen) atoms. The number of carbonyl (C=O) groups is 2. The minimum atomic E-state index is -0.738. The van der Waals surface area contributed by atoms with Crippen molar-refractivity contribution in [3.63, 3.8) is 0 Å². The number of piperidine rings is 1. The molecule has 0 radical (unpaired) electrons. The molecule has 11 nitrogen and oxygen atoms in total. The van der Waals surface area contributed by atoms with Crippen LogP contribution >= 0.6 is 0 Å². The molecule has 5 rings (SSSR count). The fraction of sp³-hybridized carbons (Fsp3) is 0.500. The number of hydrogen-bond acceptors (Lipinski definition) is 10. The number of rotatable bonds is 23. The van der Waals surface area contributed by atoms with Crippen molar-refractivity contribution in [1.82, 2.24) is 4.90 Å². The van der Waals surface area contributed by atoms with Crippen LogP contribution in [-0.4, -0.2) is 84.2 Å². The van der Waals surface area contributed by atoms with Gasteiger partial charge in [0.15, 0.2) is 23.0 Å². The van der Waals surface area contributed by atoms with E-state index >= 15 is 4.79 Å². The first-order valence-corrected chi connectivity index (χ1v) is 21.0. The first-order valence-electron chi connectivity index (χ1n) is 21.0. The second-order valence-corrected chi connectivity index (χ2v) is 15.1. The van der Waals surface area contributed by atoms with Gasteiger partial charge in [-0.1, -0.05) is 56.2 Å². The van der Waals surface area contributed by atoms with Gasteiger partial charge in [-0.05, 0) is 104 Å². The Balaban J connectivity index is 1.44. The Labute approximate surface area is 350 Å². The molecule has 1 heterocycles. The lowest BCUT2D eigenvalue weighted by atomic mass is 9.75. The molecule has 0 N–H and O–H groups in total. The van der Waals surface area contributed by atoms with Gasteiger partial charge in [-0.15, -0.1) is 6.58 Å². The highest BCUT2D eigenvalue weighted by Gasteiger charge is 2.41. The van der Waals surface area contributed by atoms with E-state index in [1.54, 1.807) is 45.5 Å². The van der Waals surface area contributed by atoms with E-state index in [1.807, 2.05) is 54.6 Å². The average molecular weight is 814 g/mol. The Morgan fingerprint density at radius 2 is 1.49 bits per heavy atom. The van der Waals surface area contributed by atoms with Gasteiger partial charge in [0.1, 0.15) is 24.5 Å². The molecule has 1 saturated carbocycles. The number of nitrogens with zero attached hydrogens (tertiary/aromatic N) is 1. The average Bonchev–Trinajstić information content (AvgIpc) is 3.28. The maximum absolute atomic E-state index is 15.2. The Kier molecular flexibility index (Phi) is 17.8. The number of hydrogen-bond donors (Lipinski definition) is 0. The molecule has 1 amide bonds. The molecule has 1 saturated heterocycles. The zero-order valence-electron chi connectivity index (χ0n) is 35.4. The van der Waals surface area contributed by atoms with E-state index in [-0.39, 0.29) is 11.8 Å². The molecule has 0 aromatic heterocycles. The van der Waals surface area contributed by atoms with E-state index in [1.165, 1.54) is 0 Å². The van der Waals surface area contributed by atoms with Crippen LogP contribution < -0.4 is 28.4 Å².